The topological polar surface area (TPSA) is 64.7 Å². The molecule has 0 unspecified atom stereocenters. The maximum atomic E-state index is 12.9. The molecule has 1 amide bonds. The van der Waals surface area contributed by atoms with Crippen LogP contribution in [0.3, 0.4) is 0 Å². The largest absolute Gasteiger partial charge is 0.416 e. The van der Waals surface area contributed by atoms with Gasteiger partial charge in [0.1, 0.15) is 6.54 Å². The molecule has 0 bridgehead atoms. The van der Waals surface area contributed by atoms with Gasteiger partial charge >= 0.3 is 6.18 Å². The minimum Gasteiger partial charge on any atom is -0.321 e. The zero-order chi connectivity index (χ0) is 20.5. The van der Waals surface area contributed by atoms with E-state index in [0.717, 1.165) is 12.1 Å². The molecule has 2 aromatic heterocycles. The molecule has 0 saturated heterocycles. The van der Waals surface area contributed by atoms with Crippen LogP contribution in [0.5, 0.6) is 0 Å². The van der Waals surface area contributed by atoms with Crippen molar-refractivity contribution in [3.63, 3.8) is 0 Å². The van der Waals surface area contributed by atoms with Crippen molar-refractivity contribution in [1.82, 2.24) is 19.6 Å². The predicted octanol–water partition coefficient (Wildman–Crippen LogP) is 4.06. The molecule has 0 spiro atoms. The Bertz CT molecular complexity index is 1010. The molecule has 3 rings (SSSR count). The Hall–Kier alpha value is -2.81. The lowest BCUT2D eigenvalue weighted by Gasteiger charge is -2.10. The second kappa shape index (κ2) is 7.67. The number of halogens is 4. The summed E-state index contributed by atoms with van der Waals surface area (Å²) in [5.41, 5.74) is 1.48. The van der Waals surface area contributed by atoms with Gasteiger partial charge in [-0.1, -0.05) is 23.7 Å². The number of nitrogens with zero attached hydrogens (tertiary/aromatic N) is 4. The van der Waals surface area contributed by atoms with Crippen molar-refractivity contribution < 1.29 is 18.0 Å². The number of carbonyl (C=O) groups excluding carboxylic acids is 1. The van der Waals surface area contributed by atoms with Crippen LogP contribution in [-0.2, 0) is 24.1 Å². The number of anilines is 1. The highest BCUT2D eigenvalue weighted by Crippen LogP contribution is 2.30. The second-order valence-corrected chi connectivity index (χ2v) is 6.74. The number of amides is 1. The fourth-order valence-corrected chi connectivity index (χ4v) is 2.96. The van der Waals surface area contributed by atoms with Gasteiger partial charge in [0.15, 0.2) is 0 Å². The summed E-state index contributed by atoms with van der Waals surface area (Å²) in [6, 6.07) is 5.08. The van der Waals surface area contributed by atoms with Crippen molar-refractivity contribution in [2.45, 2.75) is 33.1 Å². The van der Waals surface area contributed by atoms with Gasteiger partial charge in [0, 0.05) is 6.20 Å². The molecule has 0 saturated carbocycles. The molecular formula is C18H17ClF3N5O. The van der Waals surface area contributed by atoms with E-state index >= 15 is 0 Å². The third kappa shape index (κ3) is 4.53. The minimum atomic E-state index is -4.40. The van der Waals surface area contributed by atoms with E-state index in [1.807, 2.05) is 0 Å². The van der Waals surface area contributed by atoms with Crippen molar-refractivity contribution in [2.75, 3.05) is 5.32 Å². The highest BCUT2D eigenvalue weighted by atomic mass is 35.5. The van der Waals surface area contributed by atoms with Gasteiger partial charge in [0.2, 0.25) is 5.91 Å². The number of benzene rings is 1. The molecule has 28 heavy (non-hydrogen) atoms. The molecule has 0 aliphatic rings. The van der Waals surface area contributed by atoms with Crippen LogP contribution in [0.15, 0.2) is 36.7 Å². The lowest BCUT2D eigenvalue weighted by Crippen LogP contribution is -2.19. The standard InChI is InChI=1S/C18H17ClF3N5O/c1-11-17(24-16(28)10-26-9-15(19)7-23-26)12(2)27(25-11)8-13-4-3-5-14(6-13)18(20,21)22/h3-7,9H,8,10H2,1-2H3,(H,24,28). The van der Waals surface area contributed by atoms with Gasteiger partial charge in [-0.25, -0.2) is 0 Å². The van der Waals surface area contributed by atoms with Gasteiger partial charge in [0.05, 0.1) is 40.4 Å². The van der Waals surface area contributed by atoms with E-state index < -0.39 is 11.7 Å². The molecule has 2 heterocycles. The molecule has 0 atom stereocenters. The highest BCUT2D eigenvalue weighted by Gasteiger charge is 2.30. The summed E-state index contributed by atoms with van der Waals surface area (Å²) in [5, 5.41) is 11.5. The van der Waals surface area contributed by atoms with Gasteiger partial charge in [-0.15, -0.1) is 0 Å². The first-order valence-corrected chi connectivity index (χ1v) is 8.69. The van der Waals surface area contributed by atoms with E-state index in [-0.39, 0.29) is 19.0 Å². The first kappa shape index (κ1) is 19.9. The lowest BCUT2D eigenvalue weighted by molar-refractivity contribution is -0.137. The zero-order valence-electron chi connectivity index (χ0n) is 15.1. The second-order valence-electron chi connectivity index (χ2n) is 6.31. The third-order valence-corrected chi connectivity index (χ3v) is 4.34. The lowest BCUT2D eigenvalue weighted by atomic mass is 10.1. The third-order valence-electron chi connectivity index (χ3n) is 4.14. The highest BCUT2D eigenvalue weighted by molar-refractivity contribution is 6.30. The number of aromatic nitrogens is 4. The summed E-state index contributed by atoms with van der Waals surface area (Å²) in [4.78, 5) is 12.2. The number of alkyl halides is 3. The number of hydrogen-bond donors (Lipinski definition) is 1. The molecule has 1 N–H and O–H groups in total. The van der Waals surface area contributed by atoms with Crippen LogP contribution in [0.2, 0.25) is 5.02 Å². The number of carbonyl (C=O) groups is 1. The molecule has 3 aromatic rings. The molecule has 6 nitrogen and oxygen atoms in total. The Kier molecular flexibility index (Phi) is 5.46. The first-order valence-electron chi connectivity index (χ1n) is 8.31. The Labute approximate surface area is 163 Å². The van der Waals surface area contributed by atoms with Crippen molar-refractivity contribution in [2.24, 2.45) is 0 Å². The number of rotatable bonds is 5. The van der Waals surface area contributed by atoms with Crippen LogP contribution >= 0.6 is 11.6 Å². The Balaban J connectivity index is 1.75. The molecule has 0 aliphatic heterocycles. The SMILES string of the molecule is Cc1nn(Cc2cccc(C(F)(F)F)c2)c(C)c1NC(=O)Cn1cc(Cl)cn1. The molecule has 0 radical (unpaired) electrons. The quantitative estimate of drug-likeness (QED) is 0.688. The van der Waals surface area contributed by atoms with Gasteiger partial charge in [0.25, 0.3) is 0 Å². The molecule has 0 fully saturated rings. The number of nitrogens with one attached hydrogen (secondary N) is 1. The van der Waals surface area contributed by atoms with Crippen LogP contribution in [0.25, 0.3) is 0 Å². The summed E-state index contributed by atoms with van der Waals surface area (Å²) in [7, 11) is 0. The van der Waals surface area contributed by atoms with Crippen LogP contribution in [0, 0.1) is 13.8 Å². The fraction of sp³-hybridized carbons (Fsp3) is 0.278. The van der Waals surface area contributed by atoms with E-state index in [0.29, 0.717) is 27.7 Å². The summed E-state index contributed by atoms with van der Waals surface area (Å²) in [5.74, 6) is -0.315. The zero-order valence-corrected chi connectivity index (χ0v) is 15.8. The summed E-state index contributed by atoms with van der Waals surface area (Å²) >= 11 is 5.78. The Morgan fingerprint density at radius 2 is 2.04 bits per heavy atom. The van der Waals surface area contributed by atoms with Crippen LogP contribution in [0.1, 0.15) is 22.5 Å². The van der Waals surface area contributed by atoms with Crippen molar-refractivity contribution in [3.8, 4) is 0 Å². The number of hydrogen-bond acceptors (Lipinski definition) is 3. The molecule has 10 heteroatoms. The average molecular weight is 412 g/mol. The summed E-state index contributed by atoms with van der Waals surface area (Å²) < 4.78 is 41.6. The van der Waals surface area contributed by atoms with Gasteiger partial charge < -0.3 is 5.32 Å². The van der Waals surface area contributed by atoms with E-state index in [4.69, 9.17) is 11.6 Å². The maximum absolute atomic E-state index is 12.9. The number of aryl methyl sites for hydroxylation is 1. The summed E-state index contributed by atoms with van der Waals surface area (Å²) in [6.07, 6.45) is -1.45. The normalized spacial score (nSPS) is 11.6. The van der Waals surface area contributed by atoms with Crippen LogP contribution in [-0.4, -0.2) is 25.5 Å². The van der Waals surface area contributed by atoms with Crippen LogP contribution < -0.4 is 5.32 Å². The molecular weight excluding hydrogens is 395 g/mol. The average Bonchev–Trinajstić information content (AvgIpc) is 3.12. The van der Waals surface area contributed by atoms with E-state index in [1.54, 1.807) is 24.6 Å². The molecule has 148 valence electrons. The van der Waals surface area contributed by atoms with E-state index in [9.17, 15) is 18.0 Å². The van der Waals surface area contributed by atoms with Crippen molar-refractivity contribution in [1.29, 1.82) is 0 Å². The Morgan fingerprint density at radius 3 is 2.68 bits per heavy atom. The van der Waals surface area contributed by atoms with Gasteiger partial charge in [-0.05, 0) is 31.5 Å². The smallest absolute Gasteiger partial charge is 0.321 e. The monoisotopic (exact) mass is 411 g/mol. The first-order chi connectivity index (χ1) is 13.1. The van der Waals surface area contributed by atoms with Gasteiger partial charge in [-0.3, -0.25) is 14.2 Å². The van der Waals surface area contributed by atoms with E-state index in [2.05, 4.69) is 15.5 Å². The molecule has 1 aromatic carbocycles. The molecule has 0 aliphatic carbocycles. The summed E-state index contributed by atoms with van der Waals surface area (Å²) in [6.45, 7) is 3.59. The maximum Gasteiger partial charge on any atom is 0.416 e. The Morgan fingerprint density at radius 1 is 1.29 bits per heavy atom. The van der Waals surface area contributed by atoms with Gasteiger partial charge in [-0.2, -0.15) is 23.4 Å². The minimum absolute atomic E-state index is 0.0234. The van der Waals surface area contributed by atoms with E-state index in [1.165, 1.54) is 23.1 Å². The van der Waals surface area contributed by atoms with Crippen molar-refractivity contribution in [3.05, 3.63) is 64.2 Å². The predicted molar refractivity (Wildman–Crippen MR) is 98.1 cm³/mol. The van der Waals surface area contributed by atoms with Crippen LogP contribution in [0.4, 0.5) is 18.9 Å². The fourth-order valence-electron chi connectivity index (χ4n) is 2.80. The van der Waals surface area contributed by atoms with Crippen molar-refractivity contribution >= 4 is 23.2 Å².